The van der Waals surface area contributed by atoms with Crippen LogP contribution < -0.4 is 5.46 Å². The summed E-state index contributed by atoms with van der Waals surface area (Å²) >= 11 is 0. The Morgan fingerprint density at radius 1 is 1.17 bits per heavy atom. The van der Waals surface area contributed by atoms with Crippen molar-refractivity contribution in [1.82, 2.24) is 0 Å². The van der Waals surface area contributed by atoms with Gasteiger partial charge in [0.2, 0.25) is 0 Å². The Morgan fingerprint density at radius 3 is 2.44 bits per heavy atom. The van der Waals surface area contributed by atoms with Crippen molar-refractivity contribution in [2.24, 2.45) is 5.92 Å². The quantitative estimate of drug-likeness (QED) is 0.809. The highest BCUT2D eigenvalue weighted by atomic mass is 16.5. The molecule has 1 aliphatic rings. The second kappa shape index (κ2) is 6.96. The summed E-state index contributed by atoms with van der Waals surface area (Å²) in [5.74, 6) is 0.878. The predicted molar refractivity (Wildman–Crippen MR) is 75.8 cm³/mol. The minimum Gasteiger partial charge on any atom is -0.423 e. The van der Waals surface area contributed by atoms with Gasteiger partial charge in [0.25, 0.3) is 0 Å². The molecule has 0 heterocycles. The molecule has 1 saturated carbocycles. The van der Waals surface area contributed by atoms with Crippen LogP contribution in [-0.4, -0.2) is 18.2 Å². The van der Waals surface area contributed by atoms with Crippen molar-refractivity contribution in [3.63, 3.8) is 0 Å². The van der Waals surface area contributed by atoms with Crippen molar-refractivity contribution in [2.45, 2.75) is 51.6 Å². The lowest BCUT2D eigenvalue weighted by molar-refractivity contribution is 0.110. The van der Waals surface area contributed by atoms with Crippen LogP contribution in [0.5, 0.6) is 0 Å². The molecule has 0 atom stereocenters. The Morgan fingerprint density at radius 2 is 1.83 bits per heavy atom. The molecular formula is C15H23BO2. The van der Waals surface area contributed by atoms with Crippen molar-refractivity contribution in [2.75, 3.05) is 0 Å². The molecule has 1 aliphatic carbocycles. The second-order valence-corrected chi connectivity index (χ2v) is 5.33. The molecule has 1 fully saturated rings. The third-order valence-corrected chi connectivity index (χ3v) is 3.90. The van der Waals surface area contributed by atoms with Gasteiger partial charge >= 0.3 is 7.12 Å². The Bertz CT molecular complexity index is 334. The summed E-state index contributed by atoms with van der Waals surface area (Å²) in [5.41, 5.74) is 0.855. The normalized spacial score (nSPS) is 23.9. The summed E-state index contributed by atoms with van der Waals surface area (Å²) in [6, 6.07) is 9.63. The van der Waals surface area contributed by atoms with Gasteiger partial charge in [-0.05, 0) is 37.1 Å². The van der Waals surface area contributed by atoms with Gasteiger partial charge in [-0.15, -0.1) is 0 Å². The fourth-order valence-electron chi connectivity index (χ4n) is 2.84. The van der Waals surface area contributed by atoms with Crippen LogP contribution in [0.1, 0.15) is 45.4 Å². The van der Waals surface area contributed by atoms with Crippen molar-refractivity contribution in [3.8, 4) is 0 Å². The second-order valence-electron chi connectivity index (χ2n) is 5.33. The van der Waals surface area contributed by atoms with Crippen LogP contribution in [0.25, 0.3) is 0 Å². The molecule has 2 rings (SSSR count). The molecule has 18 heavy (non-hydrogen) atoms. The number of hydrogen-bond acceptors (Lipinski definition) is 2. The van der Waals surface area contributed by atoms with Crippen molar-refractivity contribution in [3.05, 3.63) is 30.3 Å². The van der Waals surface area contributed by atoms with Gasteiger partial charge < -0.3 is 9.68 Å². The van der Waals surface area contributed by atoms with Crippen LogP contribution in [0.3, 0.4) is 0 Å². The zero-order valence-corrected chi connectivity index (χ0v) is 11.2. The molecule has 0 saturated heterocycles. The lowest BCUT2D eigenvalue weighted by Gasteiger charge is -2.29. The minimum absolute atomic E-state index is 0.230. The lowest BCUT2D eigenvalue weighted by atomic mass is 9.78. The summed E-state index contributed by atoms with van der Waals surface area (Å²) in [5, 5.41) is 10.0. The highest BCUT2D eigenvalue weighted by Gasteiger charge is 2.26. The molecule has 1 aromatic carbocycles. The largest absolute Gasteiger partial charge is 0.491 e. The topological polar surface area (TPSA) is 29.5 Å². The van der Waals surface area contributed by atoms with Gasteiger partial charge in [0.05, 0.1) is 0 Å². The molecule has 0 unspecified atom stereocenters. The first kappa shape index (κ1) is 13.6. The van der Waals surface area contributed by atoms with E-state index in [2.05, 4.69) is 6.92 Å². The first-order valence-electron chi connectivity index (χ1n) is 7.18. The van der Waals surface area contributed by atoms with Crippen LogP contribution in [0, 0.1) is 5.92 Å². The average Bonchev–Trinajstić information content (AvgIpc) is 2.42. The van der Waals surface area contributed by atoms with Crippen molar-refractivity contribution < 1.29 is 9.68 Å². The molecule has 0 radical (unpaired) electrons. The van der Waals surface area contributed by atoms with Gasteiger partial charge in [0.1, 0.15) is 0 Å². The third-order valence-electron chi connectivity index (χ3n) is 3.90. The Hall–Kier alpha value is -0.795. The van der Waals surface area contributed by atoms with Gasteiger partial charge in [-0.25, -0.2) is 0 Å². The molecule has 3 heteroatoms. The molecule has 0 aromatic heterocycles. The predicted octanol–water partition coefficient (Wildman–Crippen LogP) is 2.75. The molecule has 0 aliphatic heterocycles. The van der Waals surface area contributed by atoms with E-state index >= 15 is 0 Å². The molecule has 98 valence electrons. The summed E-state index contributed by atoms with van der Waals surface area (Å²) in [4.78, 5) is 0. The maximum absolute atomic E-state index is 10.0. The summed E-state index contributed by atoms with van der Waals surface area (Å²) in [6.07, 6.45) is 7.54. The average molecular weight is 246 g/mol. The highest BCUT2D eigenvalue weighted by Crippen LogP contribution is 2.29. The van der Waals surface area contributed by atoms with E-state index in [0.29, 0.717) is 0 Å². The Balaban J connectivity index is 1.78. The van der Waals surface area contributed by atoms with Crippen LogP contribution in [0.15, 0.2) is 30.3 Å². The van der Waals surface area contributed by atoms with E-state index in [-0.39, 0.29) is 6.10 Å². The smallest absolute Gasteiger partial charge is 0.423 e. The monoisotopic (exact) mass is 246 g/mol. The van der Waals surface area contributed by atoms with Crippen LogP contribution in [-0.2, 0) is 4.65 Å². The van der Waals surface area contributed by atoms with Gasteiger partial charge in [-0.2, -0.15) is 0 Å². The Kier molecular flexibility index (Phi) is 5.27. The number of hydrogen-bond donors (Lipinski definition) is 1. The highest BCUT2D eigenvalue weighted by molar-refractivity contribution is 6.59. The van der Waals surface area contributed by atoms with Crippen molar-refractivity contribution >= 4 is 12.6 Å². The third kappa shape index (κ3) is 3.86. The summed E-state index contributed by atoms with van der Waals surface area (Å²) in [7, 11) is -0.765. The first-order valence-corrected chi connectivity index (χ1v) is 7.18. The fourth-order valence-corrected chi connectivity index (χ4v) is 2.84. The Labute approximate surface area is 111 Å². The molecule has 1 N–H and O–H groups in total. The zero-order valence-electron chi connectivity index (χ0n) is 11.2. The van der Waals surface area contributed by atoms with Gasteiger partial charge in [0, 0.05) is 6.10 Å². The van der Waals surface area contributed by atoms with E-state index < -0.39 is 7.12 Å². The zero-order chi connectivity index (χ0) is 12.8. The van der Waals surface area contributed by atoms with Crippen LogP contribution in [0.2, 0.25) is 0 Å². The summed E-state index contributed by atoms with van der Waals surface area (Å²) < 4.78 is 5.76. The minimum atomic E-state index is -0.765. The van der Waals surface area contributed by atoms with E-state index in [1.54, 1.807) is 0 Å². The van der Waals surface area contributed by atoms with Gasteiger partial charge in [0.15, 0.2) is 0 Å². The molecule has 0 bridgehead atoms. The van der Waals surface area contributed by atoms with E-state index in [0.717, 1.165) is 24.2 Å². The lowest BCUT2D eigenvalue weighted by Crippen LogP contribution is -2.38. The van der Waals surface area contributed by atoms with E-state index in [1.165, 1.54) is 25.7 Å². The molecule has 2 nitrogen and oxygen atoms in total. The number of rotatable bonds is 5. The summed E-state index contributed by atoms with van der Waals surface area (Å²) in [6.45, 7) is 2.25. The van der Waals surface area contributed by atoms with Gasteiger partial charge in [-0.1, -0.05) is 50.1 Å². The van der Waals surface area contributed by atoms with E-state index in [9.17, 15) is 5.02 Å². The maximum atomic E-state index is 10.0. The van der Waals surface area contributed by atoms with E-state index in [4.69, 9.17) is 4.65 Å². The maximum Gasteiger partial charge on any atom is 0.491 e. The number of benzene rings is 1. The van der Waals surface area contributed by atoms with Crippen LogP contribution >= 0.6 is 0 Å². The van der Waals surface area contributed by atoms with Crippen LogP contribution in [0.4, 0.5) is 0 Å². The van der Waals surface area contributed by atoms with Gasteiger partial charge in [-0.3, -0.25) is 0 Å². The molecular weight excluding hydrogens is 223 g/mol. The molecule has 1 aromatic rings. The SMILES string of the molecule is CCCC1CCC(OB(O)c2ccccc2)CC1. The molecule has 0 amide bonds. The van der Waals surface area contributed by atoms with Crippen molar-refractivity contribution in [1.29, 1.82) is 0 Å². The van der Waals surface area contributed by atoms with E-state index in [1.807, 2.05) is 30.3 Å². The standard InChI is InChI=1S/C15H23BO2/c1-2-6-13-9-11-15(12-10-13)18-16(17)14-7-4-3-5-8-14/h3-5,7-8,13,15,17H,2,6,9-12H2,1H3. The first-order chi connectivity index (χ1) is 8.79. The fraction of sp³-hybridized carbons (Fsp3) is 0.600. The molecule has 0 spiro atoms.